The van der Waals surface area contributed by atoms with Crippen molar-refractivity contribution in [1.29, 1.82) is 0 Å². The number of carbonyl (C=O) groups excluding carboxylic acids is 2. The van der Waals surface area contributed by atoms with Crippen molar-refractivity contribution in [3.63, 3.8) is 0 Å². The largest absolute Gasteiger partial charge is 0.355 e. The van der Waals surface area contributed by atoms with Gasteiger partial charge in [0.25, 0.3) is 5.91 Å². The monoisotopic (exact) mass is 325 g/mol. The highest BCUT2D eigenvalue weighted by Gasteiger charge is 2.11. The number of allylic oxidation sites excluding steroid dienone is 2. The molecule has 0 saturated carbocycles. The van der Waals surface area contributed by atoms with Gasteiger partial charge in [0, 0.05) is 12.1 Å². The Labute approximate surface area is 140 Å². The van der Waals surface area contributed by atoms with Crippen molar-refractivity contribution in [2.24, 2.45) is 0 Å². The maximum atomic E-state index is 12.1. The van der Waals surface area contributed by atoms with E-state index in [9.17, 15) is 9.59 Å². The maximum absolute atomic E-state index is 12.1. The Morgan fingerprint density at radius 2 is 1.65 bits per heavy atom. The second-order valence-corrected chi connectivity index (χ2v) is 5.23. The smallest absolute Gasteiger partial charge is 0.251 e. The summed E-state index contributed by atoms with van der Waals surface area (Å²) in [7, 11) is 1.53. The van der Waals surface area contributed by atoms with Gasteiger partial charge >= 0.3 is 0 Å². The molecule has 1 N–H and O–H groups in total. The number of hydrogen-bond acceptors (Lipinski definition) is 2. The normalized spacial score (nSPS) is 11.5. The number of nitrogens with one attached hydrogen (secondary N) is 1. The molecule has 2 aromatic rings. The van der Waals surface area contributed by atoms with Gasteiger partial charge in [-0.2, -0.15) is 0 Å². The lowest BCUT2D eigenvalue weighted by molar-refractivity contribution is -0.115. The number of carbonyl (C=O) groups is 2. The highest BCUT2D eigenvalue weighted by molar-refractivity contribution is 6.30. The molecule has 4 heteroatoms. The van der Waals surface area contributed by atoms with Gasteiger partial charge in [-0.25, -0.2) is 0 Å². The van der Waals surface area contributed by atoms with Gasteiger partial charge in [-0.3, -0.25) is 9.59 Å². The zero-order valence-electron chi connectivity index (χ0n) is 12.6. The quantitative estimate of drug-likeness (QED) is 0.851. The summed E-state index contributed by atoms with van der Waals surface area (Å²) >= 11 is 5.82. The highest BCUT2D eigenvalue weighted by Crippen LogP contribution is 2.15. The molecule has 0 heterocycles. The Balaban J connectivity index is 2.23. The molecule has 2 aromatic carbocycles. The number of likely N-dealkylation sites (N-methyl/N-ethyl adjacent to an activating group) is 1. The van der Waals surface area contributed by atoms with Crippen molar-refractivity contribution in [3.05, 3.63) is 82.9 Å². The third-order valence-electron chi connectivity index (χ3n) is 3.15. The second kappa shape index (κ2) is 8.11. The zero-order valence-corrected chi connectivity index (χ0v) is 13.4. The van der Waals surface area contributed by atoms with E-state index < -0.39 is 0 Å². The number of amides is 1. The Bertz CT molecular complexity index is 747. The Morgan fingerprint density at radius 3 is 2.26 bits per heavy atom. The predicted molar refractivity (Wildman–Crippen MR) is 94.0 cm³/mol. The van der Waals surface area contributed by atoms with Gasteiger partial charge in [-0.05, 0) is 35.4 Å². The minimum Gasteiger partial charge on any atom is -0.355 e. The number of halogens is 1. The highest BCUT2D eigenvalue weighted by atomic mass is 35.5. The van der Waals surface area contributed by atoms with Crippen LogP contribution in [0.1, 0.15) is 11.1 Å². The number of benzene rings is 2. The van der Waals surface area contributed by atoms with E-state index in [1.807, 2.05) is 30.3 Å². The lowest BCUT2D eigenvalue weighted by atomic mass is 10.0. The summed E-state index contributed by atoms with van der Waals surface area (Å²) in [6.45, 7) is 0. The van der Waals surface area contributed by atoms with Crippen LogP contribution in [-0.2, 0) is 9.59 Å². The predicted octanol–water partition coefficient (Wildman–Crippen LogP) is 3.75. The fraction of sp³-hybridized carbons (Fsp3) is 0.0526. The van der Waals surface area contributed by atoms with E-state index in [1.165, 1.54) is 19.2 Å². The summed E-state index contributed by atoms with van der Waals surface area (Å²) in [4.78, 5) is 24.1. The molecule has 0 aliphatic heterocycles. The number of ketones is 1. The molecule has 0 radical (unpaired) electrons. The maximum Gasteiger partial charge on any atom is 0.251 e. The summed E-state index contributed by atoms with van der Waals surface area (Å²) in [6.07, 6.45) is 4.44. The SMILES string of the molecule is CNC(=O)/C(=C/C(=O)C=Cc1ccc(Cl)cc1)c1ccccc1. The van der Waals surface area contributed by atoms with Gasteiger partial charge in [-0.1, -0.05) is 60.1 Å². The lowest BCUT2D eigenvalue weighted by Gasteiger charge is -2.05. The van der Waals surface area contributed by atoms with Crippen LogP contribution in [0.2, 0.25) is 5.02 Å². The van der Waals surface area contributed by atoms with Crippen LogP contribution >= 0.6 is 11.6 Å². The van der Waals surface area contributed by atoms with Crippen LogP contribution in [0, 0.1) is 0 Å². The average molecular weight is 326 g/mol. The van der Waals surface area contributed by atoms with Crippen molar-refractivity contribution in [1.82, 2.24) is 5.32 Å². The molecule has 2 rings (SSSR count). The van der Waals surface area contributed by atoms with Gasteiger partial charge in [0.2, 0.25) is 0 Å². The van der Waals surface area contributed by atoms with E-state index in [0.29, 0.717) is 16.2 Å². The van der Waals surface area contributed by atoms with Crippen LogP contribution < -0.4 is 5.32 Å². The molecule has 1 amide bonds. The molecule has 116 valence electrons. The molecule has 0 unspecified atom stereocenters. The first-order chi connectivity index (χ1) is 11.1. The lowest BCUT2D eigenvalue weighted by Crippen LogP contribution is -2.19. The van der Waals surface area contributed by atoms with Crippen molar-refractivity contribution in [2.45, 2.75) is 0 Å². The molecule has 0 aliphatic rings. The molecule has 0 bridgehead atoms. The van der Waals surface area contributed by atoms with Gasteiger partial charge in [0.05, 0.1) is 5.57 Å². The minimum atomic E-state index is -0.301. The first-order valence-corrected chi connectivity index (χ1v) is 7.45. The Kier molecular flexibility index (Phi) is 5.89. The Morgan fingerprint density at radius 1 is 1.00 bits per heavy atom. The molecule has 0 atom stereocenters. The van der Waals surface area contributed by atoms with Crippen LogP contribution in [0.15, 0.2) is 66.7 Å². The molecule has 0 saturated heterocycles. The molecule has 0 aromatic heterocycles. The summed E-state index contributed by atoms with van der Waals surface area (Å²) in [6, 6.07) is 16.2. The van der Waals surface area contributed by atoms with E-state index in [2.05, 4.69) is 5.32 Å². The fourth-order valence-electron chi connectivity index (χ4n) is 1.97. The summed E-state index contributed by atoms with van der Waals surface area (Å²) < 4.78 is 0. The topological polar surface area (TPSA) is 46.2 Å². The zero-order chi connectivity index (χ0) is 16.7. The Hall–Kier alpha value is -2.65. The van der Waals surface area contributed by atoms with Crippen LogP contribution in [-0.4, -0.2) is 18.7 Å². The molecule has 3 nitrogen and oxygen atoms in total. The molecule has 0 aliphatic carbocycles. The molecular weight excluding hydrogens is 310 g/mol. The number of hydrogen-bond donors (Lipinski definition) is 1. The van der Waals surface area contributed by atoms with Crippen LogP contribution in [0.5, 0.6) is 0 Å². The molecule has 0 fully saturated rings. The first-order valence-electron chi connectivity index (χ1n) is 7.07. The average Bonchev–Trinajstić information content (AvgIpc) is 2.59. The third-order valence-corrected chi connectivity index (χ3v) is 3.41. The van der Waals surface area contributed by atoms with Crippen LogP contribution in [0.4, 0.5) is 0 Å². The van der Waals surface area contributed by atoms with Gasteiger partial charge < -0.3 is 5.32 Å². The van der Waals surface area contributed by atoms with Crippen molar-refractivity contribution in [2.75, 3.05) is 7.05 Å². The third kappa shape index (κ3) is 4.94. The van der Waals surface area contributed by atoms with Gasteiger partial charge in [0.15, 0.2) is 5.78 Å². The minimum absolute atomic E-state index is 0.262. The van der Waals surface area contributed by atoms with Crippen molar-refractivity contribution >= 4 is 34.9 Å². The van der Waals surface area contributed by atoms with E-state index in [4.69, 9.17) is 11.6 Å². The standard InChI is InChI=1S/C19H16ClNO2/c1-21-19(23)18(15-5-3-2-4-6-15)13-17(22)12-9-14-7-10-16(20)11-8-14/h2-13H,1H3,(H,21,23)/b12-9?,18-13+. The summed E-state index contributed by atoms with van der Waals surface area (Å²) in [5, 5.41) is 3.19. The molecule has 0 spiro atoms. The van der Waals surface area contributed by atoms with E-state index in [0.717, 1.165) is 5.56 Å². The van der Waals surface area contributed by atoms with Crippen molar-refractivity contribution < 1.29 is 9.59 Å². The molecule has 23 heavy (non-hydrogen) atoms. The van der Waals surface area contributed by atoms with Gasteiger partial charge in [-0.15, -0.1) is 0 Å². The van der Waals surface area contributed by atoms with Crippen molar-refractivity contribution in [3.8, 4) is 0 Å². The summed E-state index contributed by atoms with van der Waals surface area (Å²) in [5.74, 6) is -0.563. The second-order valence-electron chi connectivity index (χ2n) is 4.79. The van der Waals surface area contributed by atoms with E-state index in [1.54, 1.807) is 30.3 Å². The van der Waals surface area contributed by atoms with Gasteiger partial charge in [0.1, 0.15) is 0 Å². The molecular formula is C19H16ClNO2. The van der Waals surface area contributed by atoms with E-state index >= 15 is 0 Å². The number of rotatable bonds is 5. The van der Waals surface area contributed by atoms with E-state index in [-0.39, 0.29) is 11.7 Å². The fourth-order valence-corrected chi connectivity index (χ4v) is 2.10. The first kappa shape index (κ1) is 16.7. The van der Waals surface area contributed by atoms with Crippen LogP contribution in [0.3, 0.4) is 0 Å². The van der Waals surface area contributed by atoms with Crippen LogP contribution in [0.25, 0.3) is 11.6 Å². The summed E-state index contributed by atoms with van der Waals surface area (Å²) in [5.41, 5.74) is 1.89.